The van der Waals surface area contributed by atoms with Crippen molar-refractivity contribution in [2.45, 2.75) is 45.1 Å². The van der Waals surface area contributed by atoms with Crippen LogP contribution in [0, 0.1) is 33.3 Å². The van der Waals surface area contributed by atoms with Gasteiger partial charge >= 0.3 is 0 Å². The van der Waals surface area contributed by atoms with Crippen LogP contribution >= 0.6 is 0 Å². The first-order chi connectivity index (χ1) is 11.0. The standard InChI is InChI=1S/C18H22N2O3/c21-17(19-11-12-1-3-16(4-2-12)20(22)23)18-8-13-5-14(9-18)7-15(6-13)10-18/h1-4,13-15H,5-11H2,(H,19,21). The third kappa shape index (κ3) is 2.62. The maximum Gasteiger partial charge on any atom is 0.269 e. The Morgan fingerprint density at radius 3 is 2.09 bits per heavy atom. The Balaban J connectivity index is 1.41. The average Bonchev–Trinajstić information content (AvgIpc) is 2.51. The lowest BCUT2D eigenvalue weighted by Gasteiger charge is -2.55. The van der Waals surface area contributed by atoms with E-state index in [1.807, 2.05) is 0 Å². The predicted octanol–water partition coefficient (Wildman–Crippen LogP) is 3.43. The number of nitrogens with zero attached hydrogens (tertiary/aromatic N) is 1. The summed E-state index contributed by atoms with van der Waals surface area (Å²) in [4.78, 5) is 23.1. The molecule has 0 unspecified atom stereocenters. The fourth-order valence-electron chi connectivity index (χ4n) is 5.49. The van der Waals surface area contributed by atoms with Gasteiger partial charge in [0.2, 0.25) is 5.91 Å². The number of nitro benzene ring substituents is 1. The second-order valence-electron chi connectivity index (χ2n) is 7.80. The molecule has 4 bridgehead atoms. The third-order valence-electron chi connectivity index (χ3n) is 6.12. The Morgan fingerprint density at radius 2 is 1.61 bits per heavy atom. The normalized spacial score (nSPS) is 34.3. The Kier molecular flexibility index (Phi) is 3.39. The largest absolute Gasteiger partial charge is 0.352 e. The SMILES string of the molecule is O=C(NCc1ccc([N+](=O)[O-])cc1)C12CC3CC(CC(C3)C1)C2. The molecule has 4 aliphatic carbocycles. The minimum absolute atomic E-state index is 0.0844. The highest BCUT2D eigenvalue weighted by Gasteiger charge is 2.54. The van der Waals surface area contributed by atoms with E-state index < -0.39 is 4.92 Å². The highest BCUT2D eigenvalue weighted by atomic mass is 16.6. The highest BCUT2D eigenvalue weighted by Crippen LogP contribution is 2.60. The molecule has 1 aromatic rings. The van der Waals surface area contributed by atoms with Gasteiger partial charge in [0.25, 0.3) is 5.69 Å². The minimum Gasteiger partial charge on any atom is -0.352 e. The monoisotopic (exact) mass is 314 g/mol. The van der Waals surface area contributed by atoms with Gasteiger partial charge in [0.15, 0.2) is 0 Å². The summed E-state index contributed by atoms with van der Waals surface area (Å²) >= 11 is 0. The van der Waals surface area contributed by atoms with Crippen molar-refractivity contribution < 1.29 is 9.72 Å². The molecule has 0 heterocycles. The van der Waals surface area contributed by atoms with E-state index in [0.29, 0.717) is 6.54 Å². The van der Waals surface area contributed by atoms with Gasteiger partial charge in [-0.3, -0.25) is 14.9 Å². The second-order valence-corrected chi connectivity index (χ2v) is 7.80. The number of hydrogen-bond donors (Lipinski definition) is 1. The molecule has 4 fully saturated rings. The first-order valence-corrected chi connectivity index (χ1v) is 8.56. The molecular weight excluding hydrogens is 292 g/mol. The van der Waals surface area contributed by atoms with Gasteiger partial charge in [0.05, 0.1) is 4.92 Å². The smallest absolute Gasteiger partial charge is 0.269 e. The molecule has 5 rings (SSSR count). The first kappa shape index (κ1) is 14.7. The number of nitrogens with one attached hydrogen (secondary N) is 1. The summed E-state index contributed by atoms with van der Waals surface area (Å²) in [5.74, 6) is 2.47. The minimum atomic E-state index is -0.405. The third-order valence-corrected chi connectivity index (χ3v) is 6.12. The molecule has 0 spiro atoms. The molecule has 0 saturated heterocycles. The second kappa shape index (κ2) is 5.32. The fourth-order valence-corrected chi connectivity index (χ4v) is 5.49. The van der Waals surface area contributed by atoms with Crippen LogP contribution in [0.5, 0.6) is 0 Å². The zero-order chi connectivity index (χ0) is 16.0. The molecule has 0 aliphatic heterocycles. The summed E-state index contributed by atoms with van der Waals surface area (Å²) in [5, 5.41) is 13.8. The molecular formula is C18H22N2O3. The van der Waals surface area contributed by atoms with Crippen LogP contribution in [0.4, 0.5) is 5.69 Å². The molecule has 0 aromatic heterocycles. The zero-order valence-electron chi connectivity index (χ0n) is 13.2. The van der Waals surface area contributed by atoms with Crippen molar-refractivity contribution in [1.29, 1.82) is 0 Å². The summed E-state index contributed by atoms with van der Waals surface area (Å²) in [6.07, 6.45) is 7.17. The first-order valence-electron chi connectivity index (χ1n) is 8.56. The molecule has 4 saturated carbocycles. The molecule has 0 atom stereocenters. The van der Waals surface area contributed by atoms with Crippen molar-refractivity contribution in [1.82, 2.24) is 5.32 Å². The van der Waals surface area contributed by atoms with E-state index in [2.05, 4.69) is 5.32 Å². The predicted molar refractivity (Wildman–Crippen MR) is 85.5 cm³/mol. The maximum absolute atomic E-state index is 12.8. The van der Waals surface area contributed by atoms with Crippen LogP contribution in [-0.2, 0) is 11.3 Å². The van der Waals surface area contributed by atoms with Crippen molar-refractivity contribution in [3.63, 3.8) is 0 Å². The van der Waals surface area contributed by atoms with Gasteiger partial charge in [0, 0.05) is 24.1 Å². The van der Waals surface area contributed by atoms with E-state index in [1.54, 1.807) is 12.1 Å². The Labute approximate surface area is 135 Å². The van der Waals surface area contributed by atoms with E-state index in [-0.39, 0.29) is 17.0 Å². The molecule has 4 aliphatic rings. The van der Waals surface area contributed by atoms with Crippen molar-refractivity contribution >= 4 is 11.6 Å². The number of carbonyl (C=O) groups excluding carboxylic acids is 1. The van der Waals surface area contributed by atoms with Crippen LogP contribution in [0.3, 0.4) is 0 Å². The maximum atomic E-state index is 12.8. The van der Waals surface area contributed by atoms with Crippen LogP contribution in [0.15, 0.2) is 24.3 Å². The molecule has 0 radical (unpaired) electrons. The van der Waals surface area contributed by atoms with Crippen molar-refractivity contribution in [3.05, 3.63) is 39.9 Å². The van der Waals surface area contributed by atoms with Gasteiger partial charge in [-0.2, -0.15) is 0 Å². The van der Waals surface area contributed by atoms with Crippen molar-refractivity contribution in [3.8, 4) is 0 Å². The van der Waals surface area contributed by atoms with Crippen LogP contribution in [-0.4, -0.2) is 10.8 Å². The lowest BCUT2D eigenvalue weighted by atomic mass is 9.49. The summed E-state index contributed by atoms with van der Waals surface area (Å²) in [6.45, 7) is 0.457. The molecule has 5 heteroatoms. The number of non-ortho nitro benzene ring substituents is 1. The van der Waals surface area contributed by atoms with Gasteiger partial charge in [-0.05, 0) is 61.8 Å². The zero-order valence-corrected chi connectivity index (χ0v) is 13.2. The number of amides is 1. The summed E-state index contributed by atoms with van der Waals surface area (Å²) in [5.41, 5.74) is 0.866. The number of carbonyl (C=O) groups is 1. The number of rotatable bonds is 4. The molecule has 1 N–H and O–H groups in total. The molecule has 122 valence electrons. The number of hydrogen-bond acceptors (Lipinski definition) is 3. The summed E-state index contributed by atoms with van der Waals surface area (Å²) in [6, 6.07) is 6.43. The van der Waals surface area contributed by atoms with Crippen LogP contribution in [0.2, 0.25) is 0 Å². The average molecular weight is 314 g/mol. The van der Waals surface area contributed by atoms with E-state index in [0.717, 1.165) is 42.6 Å². The molecule has 5 nitrogen and oxygen atoms in total. The lowest BCUT2D eigenvalue weighted by molar-refractivity contribution is -0.384. The van der Waals surface area contributed by atoms with E-state index in [4.69, 9.17) is 0 Å². The summed E-state index contributed by atoms with van der Waals surface area (Å²) < 4.78 is 0. The Hall–Kier alpha value is -1.91. The van der Waals surface area contributed by atoms with Crippen LogP contribution in [0.1, 0.15) is 44.1 Å². The van der Waals surface area contributed by atoms with Gasteiger partial charge < -0.3 is 5.32 Å². The van der Waals surface area contributed by atoms with E-state index in [9.17, 15) is 14.9 Å². The van der Waals surface area contributed by atoms with Crippen LogP contribution in [0.25, 0.3) is 0 Å². The number of nitro groups is 1. The van der Waals surface area contributed by atoms with Crippen LogP contribution < -0.4 is 5.32 Å². The van der Waals surface area contributed by atoms with Gasteiger partial charge in [-0.15, -0.1) is 0 Å². The van der Waals surface area contributed by atoms with E-state index in [1.165, 1.54) is 31.4 Å². The van der Waals surface area contributed by atoms with Gasteiger partial charge in [-0.25, -0.2) is 0 Å². The van der Waals surface area contributed by atoms with Crippen molar-refractivity contribution in [2.24, 2.45) is 23.2 Å². The fraction of sp³-hybridized carbons (Fsp3) is 0.611. The van der Waals surface area contributed by atoms with Gasteiger partial charge in [0.1, 0.15) is 0 Å². The van der Waals surface area contributed by atoms with Crippen molar-refractivity contribution in [2.75, 3.05) is 0 Å². The Bertz CT molecular complexity index is 603. The molecule has 1 amide bonds. The Morgan fingerprint density at radius 1 is 1.09 bits per heavy atom. The topological polar surface area (TPSA) is 72.2 Å². The molecule has 1 aromatic carbocycles. The van der Waals surface area contributed by atoms with E-state index >= 15 is 0 Å². The van der Waals surface area contributed by atoms with Gasteiger partial charge in [-0.1, -0.05) is 12.1 Å². The quantitative estimate of drug-likeness (QED) is 0.683. The highest BCUT2D eigenvalue weighted by molar-refractivity contribution is 5.83. The number of benzene rings is 1. The molecule has 23 heavy (non-hydrogen) atoms. The lowest BCUT2D eigenvalue weighted by Crippen LogP contribution is -2.53. The summed E-state index contributed by atoms with van der Waals surface area (Å²) in [7, 11) is 0.